The smallest absolute Gasteiger partial charge is 0.347 e. The van der Waals surface area contributed by atoms with Gasteiger partial charge in [0.2, 0.25) is 0 Å². The van der Waals surface area contributed by atoms with Crippen LogP contribution in [-0.2, 0) is 15.8 Å². The minimum absolute atomic E-state index is 0.130. The van der Waals surface area contributed by atoms with Crippen LogP contribution in [-0.4, -0.2) is 56.0 Å². The third-order valence-electron chi connectivity index (χ3n) is 3.60. The van der Waals surface area contributed by atoms with Gasteiger partial charge in [0.25, 0.3) is 0 Å². The van der Waals surface area contributed by atoms with Crippen LogP contribution in [0.1, 0.15) is 5.56 Å². The number of amides is 2. The molecule has 0 atom stereocenters. The van der Waals surface area contributed by atoms with Crippen molar-refractivity contribution in [3.8, 4) is 0 Å². The molecule has 1 fully saturated rings. The molecule has 2 amide bonds. The fourth-order valence-corrected chi connectivity index (χ4v) is 2.27. The Labute approximate surface area is 137 Å². The lowest BCUT2D eigenvalue weighted by molar-refractivity contribution is -0.137. The first-order valence-electron chi connectivity index (χ1n) is 7.56. The molecule has 1 heterocycles. The average molecular weight is 344 g/mol. The molecular weight excluding hydrogens is 325 g/mol. The van der Waals surface area contributed by atoms with Crippen molar-refractivity contribution in [3.63, 3.8) is 0 Å². The standard InChI is InChI=1S/C15H19F3N4O2/c16-15(17,18)11-1-3-12(4-2-11)21-14(24)13(23)20-7-10-22-8-5-19-6-9-22/h1-4,19H,5-10H2,(H,20,23)(H,21,24). The van der Waals surface area contributed by atoms with E-state index in [1.165, 1.54) is 0 Å². The second-order valence-electron chi connectivity index (χ2n) is 5.38. The minimum Gasteiger partial charge on any atom is -0.347 e. The molecule has 1 aliphatic rings. The van der Waals surface area contributed by atoms with E-state index < -0.39 is 23.6 Å². The molecule has 24 heavy (non-hydrogen) atoms. The fourth-order valence-electron chi connectivity index (χ4n) is 2.27. The van der Waals surface area contributed by atoms with E-state index >= 15 is 0 Å². The maximum absolute atomic E-state index is 12.4. The molecule has 1 aromatic rings. The molecular formula is C15H19F3N4O2. The predicted octanol–water partition coefficient (Wildman–Crippen LogP) is 0.665. The van der Waals surface area contributed by atoms with Gasteiger partial charge in [0.1, 0.15) is 0 Å². The van der Waals surface area contributed by atoms with E-state index in [1.54, 1.807) is 0 Å². The van der Waals surface area contributed by atoms with Crippen molar-refractivity contribution < 1.29 is 22.8 Å². The molecule has 0 radical (unpaired) electrons. The molecule has 0 aliphatic carbocycles. The molecule has 0 spiro atoms. The number of hydrogen-bond acceptors (Lipinski definition) is 4. The highest BCUT2D eigenvalue weighted by atomic mass is 19.4. The Hall–Kier alpha value is -2.13. The van der Waals surface area contributed by atoms with Crippen molar-refractivity contribution in [1.29, 1.82) is 0 Å². The van der Waals surface area contributed by atoms with Crippen LogP contribution in [0.25, 0.3) is 0 Å². The summed E-state index contributed by atoms with van der Waals surface area (Å²) >= 11 is 0. The third-order valence-corrected chi connectivity index (χ3v) is 3.60. The Kier molecular flexibility index (Phi) is 6.16. The highest BCUT2D eigenvalue weighted by Gasteiger charge is 2.30. The topological polar surface area (TPSA) is 73.5 Å². The van der Waals surface area contributed by atoms with Crippen molar-refractivity contribution in [2.45, 2.75) is 6.18 Å². The molecule has 0 unspecified atom stereocenters. The van der Waals surface area contributed by atoms with Gasteiger partial charge in [-0.1, -0.05) is 0 Å². The molecule has 132 valence electrons. The molecule has 9 heteroatoms. The number of rotatable bonds is 4. The van der Waals surface area contributed by atoms with Crippen molar-refractivity contribution in [1.82, 2.24) is 15.5 Å². The second kappa shape index (κ2) is 8.11. The van der Waals surface area contributed by atoms with E-state index in [1.807, 2.05) is 0 Å². The molecule has 3 N–H and O–H groups in total. The van der Waals surface area contributed by atoms with Gasteiger partial charge in [-0.05, 0) is 24.3 Å². The number of carbonyl (C=O) groups is 2. The van der Waals surface area contributed by atoms with Crippen LogP contribution in [0.2, 0.25) is 0 Å². The van der Waals surface area contributed by atoms with Gasteiger partial charge < -0.3 is 16.0 Å². The summed E-state index contributed by atoms with van der Waals surface area (Å²) in [7, 11) is 0. The molecule has 1 saturated heterocycles. The van der Waals surface area contributed by atoms with Crippen LogP contribution >= 0.6 is 0 Å². The van der Waals surface area contributed by atoms with Crippen LogP contribution in [0.5, 0.6) is 0 Å². The second-order valence-corrected chi connectivity index (χ2v) is 5.38. The highest BCUT2D eigenvalue weighted by Crippen LogP contribution is 2.29. The monoisotopic (exact) mass is 344 g/mol. The number of anilines is 1. The maximum atomic E-state index is 12.4. The third kappa shape index (κ3) is 5.50. The summed E-state index contributed by atoms with van der Waals surface area (Å²) < 4.78 is 37.3. The summed E-state index contributed by atoms with van der Waals surface area (Å²) in [5, 5.41) is 7.97. The summed E-state index contributed by atoms with van der Waals surface area (Å²) in [5.74, 6) is -1.72. The molecule has 6 nitrogen and oxygen atoms in total. The summed E-state index contributed by atoms with van der Waals surface area (Å²) in [6, 6.07) is 3.90. The quantitative estimate of drug-likeness (QED) is 0.702. The SMILES string of the molecule is O=C(NCCN1CCNCC1)C(=O)Nc1ccc(C(F)(F)F)cc1. The molecule has 0 aromatic heterocycles. The lowest BCUT2D eigenvalue weighted by Crippen LogP contribution is -2.47. The minimum atomic E-state index is -4.44. The van der Waals surface area contributed by atoms with Crippen LogP contribution in [0, 0.1) is 0 Å². The first-order chi connectivity index (χ1) is 11.4. The largest absolute Gasteiger partial charge is 0.416 e. The Morgan fingerprint density at radius 2 is 1.71 bits per heavy atom. The average Bonchev–Trinajstić information content (AvgIpc) is 2.55. The zero-order valence-electron chi connectivity index (χ0n) is 12.9. The van der Waals surface area contributed by atoms with Gasteiger partial charge in [-0.25, -0.2) is 0 Å². The summed E-state index contributed by atoms with van der Waals surface area (Å²) in [4.78, 5) is 25.5. The number of piperazine rings is 1. The number of hydrogen-bond donors (Lipinski definition) is 3. The van der Waals surface area contributed by atoms with Crippen LogP contribution in [0.4, 0.5) is 18.9 Å². The molecule has 1 aliphatic heterocycles. The number of halogens is 3. The number of nitrogens with zero attached hydrogens (tertiary/aromatic N) is 1. The van der Waals surface area contributed by atoms with Crippen molar-refractivity contribution >= 4 is 17.5 Å². The first-order valence-corrected chi connectivity index (χ1v) is 7.56. The van der Waals surface area contributed by atoms with E-state index in [2.05, 4.69) is 20.9 Å². The molecule has 1 aromatic carbocycles. The zero-order valence-corrected chi connectivity index (χ0v) is 12.9. The summed E-state index contributed by atoms with van der Waals surface area (Å²) in [6.07, 6.45) is -4.44. The maximum Gasteiger partial charge on any atom is 0.416 e. The molecule has 2 rings (SSSR count). The van der Waals surface area contributed by atoms with Gasteiger partial charge in [0.05, 0.1) is 5.56 Å². The highest BCUT2D eigenvalue weighted by molar-refractivity contribution is 6.39. The number of benzene rings is 1. The van der Waals surface area contributed by atoms with Gasteiger partial charge in [-0.2, -0.15) is 13.2 Å². The van der Waals surface area contributed by atoms with Crippen molar-refractivity contribution in [3.05, 3.63) is 29.8 Å². The number of nitrogens with one attached hydrogen (secondary N) is 3. The fraction of sp³-hybridized carbons (Fsp3) is 0.467. The Morgan fingerprint density at radius 3 is 2.29 bits per heavy atom. The van der Waals surface area contributed by atoms with Gasteiger partial charge in [0, 0.05) is 45.0 Å². The van der Waals surface area contributed by atoms with E-state index in [4.69, 9.17) is 0 Å². The van der Waals surface area contributed by atoms with Crippen LogP contribution < -0.4 is 16.0 Å². The van der Waals surface area contributed by atoms with Gasteiger partial charge >= 0.3 is 18.0 Å². The predicted molar refractivity (Wildman–Crippen MR) is 82.4 cm³/mol. The Bertz CT molecular complexity index is 569. The Balaban J connectivity index is 1.75. The van der Waals surface area contributed by atoms with Gasteiger partial charge in [-0.15, -0.1) is 0 Å². The zero-order chi connectivity index (χ0) is 17.6. The van der Waals surface area contributed by atoms with E-state index in [0.29, 0.717) is 13.1 Å². The van der Waals surface area contributed by atoms with Gasteiger partial charge in [0.15, 0.2) is 0 Å². The number of alkyl halides is 3. The van der Waals surface area contributed by atoms with E-state index in [-0.39, 0.29) is 5.69 Å². The van der Waals surface area contributed by atoms with Crippen LogP contribution in [0.15, 0.2) is 24.3 Å². The molecule has 0 bridgehead atoms. The first kappa shape index (κ1) is 18.2. The lowest BCUT2D eigenvalue weighted by atomic mass is 10.2. The lowest BCUT2D eigenvalue weighted by Gasteiger charge is -2.26. The summed E-state index contributed by atoms with van der Waals surface area (Å²) in [6.45, 7) is 4.52. The van der Waals surface area contributed by atoms with E-state index in [0.717, 1.165) is 50.4 Å². The number of carbonyl (C=O) groups excluding carboxylic acids is 2. The van der Waals surface area contributed by atoms with Crippen molar-refractivity contribution in [2.75, 3.05) is 44.6 Å². The molecule has 0 saturated carbocycles. The van der Waals surface area contributed by atoms with Gasteiger partial charge in [-0.3, -0.25) is 14.5 Å². The Morgan fingerprint density at radius 1 is 1.08 bits per heavy atom. The summed E-state index contributed by atoms with van der Waals surface area (Å²) in [5.41, 5.74) is -0.689. The van der Waals surface area contributed by atoms with E-state index in [9.17, 15) is 22.8 Å². The van der Waals surface area contributed by atoms with Crippen LogP contribution in [0.3, 0.4) is 0 Å². The normalized spacial score (nSPS) is 15.8. The van der Waals surface area contributed by atoms with Crippen molar-refractivity contribution in [2.24, 2.45) is 0 Å².